The van der Waals surface area contributed by atoms with E-state index in [1.54, 1.807) is 19.2 Å². The molecule has 0 bridgehead atoms. The van der Waals surface area contributed by atoms with Gasteiger partial charge in [-0.2, -0.15) is 0 Å². The van der Waals surface area contributed by atoms with Crippen molar-refractivity contribution in [2.75, 3.05) is 7.11 Å². The highest BCUT2D eigenvalue weighted by atomic mass is 16.6. The van der Waals surface area contributed by atoms with Crippen molar-refractivity contribution >= 4 is 5.97 Å². The Morgan fingerprint density at radius 1 is 1.31 bits per heavy atom. The Bertz CT molecular complexity index is 369. The van der Waals surface area contributed by atoms with Gasteiger partial charge in [0.1, 0.15) is 0 Å². The quantitative estimate of drug-likeness (QED) is 0.565. The molecule has 0 saturated heterocycles. The molecule has 0 atom stereocenters. The largest absolute Gasteiger partial charge is 0.493 e. The highest BCUT2D eigenvalue weighted by Crippen LogP contribution is 2.34. The number of hydrogen-bond acceptors (Lipinski definition) is 3. The topological polar surface area (TPSA) is 35.5 Å². The minimum atomic E-state index is -0.170. The Kier molecular flexibility index (Phi) is 3.44. The Morgan fingerprint density at radius 2 is 2.00 bits per heavy atom. The number of para-hydroxylation sites is 2. The van der Waals surface area contributed by atoms with Gasteiger partial charge in [-0.25, -0.2) is 0 Å². The van der Waals surface area contributed by atoms with Gasteiger partial charge >= 0.3 is 5.97 Å². The van der Waals surface area contributed by atoms with Gasteiger partial charge in [-0.3, -0.25) is 4.79 Å². The van der Waals surface area contributed by atoms with Crippen LogP contribution in [0.25, 0.3) is 0 Å². The van der Waals surface area contributed by atoms with E-state index in [0.29, 0.717) is 17.9 Å². The van der Waals surface area contributed by atoms with Gasteiger partial charge in [0.2, 0.25) is 0 Å². The first-order chi connectivity index (χ1) is 7.79. The molecule has 86 valence electrons. The second-order valence-electron chi connectivity index (χ2n) is 4.11. The van der Waals surface area contributed by atoms with Crippen molar-refractivity contribution in [3.63, 3.8) is 0 Å². The van der Waals surface area contributed by atoms with Crippen molar-refractivity contribution in [3.05, 3.63) is 24.3 Å². The lowest BCUT2D eigenvalue weighted by molar-refractivity contribution is -0.134. The van der Waals surface area contributed by atoms with Crippen LogP contribution in [0.15, 0.2) is 24.3 Å². The zero-order valence-corrected chi connectivity index (χ0v) is 9.44. The van der Waals surface area contributed by atoms with Crippen LogP contribution < -0.4 is 9.47 Å². The van der Waals surface area contributed by atoms with Crippen LogP contribution in [0.2, 0.25) is 0 Å². The zero-order chi connectivity index (χ0) is 11.4. The highest BCUT2D eigenvalue weighted by Gasteiger charge is 2.22. The summed E-state index contributed by atoms with van der Waals surface area (Å²) in [6.45, 7) is 0. The lowest BCUT2D eigenvalue weighted by Gasteiger charge is -2.08. The van der Waals surface area contributed by atoms with E-state index in [4.69, 9.17) is 9.47 Å². The second kappa shape index (κ2) is 5.01. The molecule has 1 fully saturated rings. The van der Waals surface area contributed by atoms with E-state index in [1.165, 1.54) is 12.8 Å². The van der Waals surface area contributed by atoms with E-state index in [0.717, 1.165) is 12.3 Å². The van der Waals surface area contributed by atoms with Crippen LogP contribution in [0.5, 0.6) is 11.5 Å². The monoisotopic (exact) mass is 220 g/mol. The van der Waals surface area contributed by atoms with Gasteiger partial charge in [0.25, 0.3) is 0 Å². The van der Waals surface area contributed by atoms with Gasteiger partial charge in [0.15, 0.2) is 11.5 Å². The molecule has 0 N–H and O–H groups in total. The van der Waals surface area contributed by atoms with E-state index in [-0.39, 0.29) is 5.97 Å². The normalized spacial score (nSPS) is 14.6. The summed E-state index contributed by atoms with van der Waals surface area (Å²) in [4.78, 5) is 11.5. The summed E-state index contributed by atoms with van der Waals surface area (Å²) >= 11 is 0. The summed E-state index contributed by atoms with van der Waals surface area (Å²) in [6.07, 6.45) is 3.99. The summed E-state index contributed by atoms with van der Waals surface area (Å²) in [7, 11) is 1.57. The minimum absolute atomic E-state index is 0.170. The lowest BCUT2D eigenvalue weighted by Crippen LogP contribution is -2.08. The zero-order valence-electron chi connectivity index (χ0n) is 9.44. The lowest BCUT2D eigenvalue weighted by atomic mass is 10.2. The van der Waals surface area contributed by atoms with Gasteiger partial charge in [-0.05, 0) is 24.5 Å². The predicted molar refractivity (Wildman–Crippen MR) is 60.6 cm³/mol. The van der Waals surface area contributed by atoms with E-state index in [9.17, 15) is 4.79 Å². The molecule has 3 nitrogen and oxygen atoms in total. The smallest absolute Gasteiger partial charge is 0.311 e. The Morgan fingerprint density at radius 3 is 2.62 bits per heavy atom. The summed E-state index contributed by atoms with van der Waals surface area (Å²) < 4.78 is 10.4. The van der Waals surface area contributed by atoms with Crippen molar-refractivity contribution in [2.24, 2.45) is 5.92 Å². The van der Waals surface area contributed by atoms with E-state index >= 15 is 0 Å². The molecular weight excluding hydrogens is 204 g/mol. The van der Waals surface area contributed by atoms with Crippen LogP contribution in [-0.2, 0) is 4.79 Å². The summed E-state index contributed by atoms with van der Waals surface area (Å²) in [5, 5.41) is 0. The first-order valence-electron chi connectivity index (χ1n) is 5.63. The molecule has 2 rings (SSSR count). The van der Waals surface area contributed by atoms with Gasteiger partial charge in [0, 0.05) is 6.42 Å². The summed E-state index contributed by atoms with van der Waals surface area (Å²) in [5.74, 6) is 1.69. The fraction of sp³-hybridized carbons (Fsp3) is 0.462. The SMILES string of the molecule is COc1ccccc1OC(=O)CCC1CC1. The third-order valence-corrected chi connectivity index (χ3v) is 2.75. The molecule has 0 amide bonds. The fourth-order valence-corrected chi connectivity index (χ4v) is 1.61. The summed E-state index contributed by atoms with van der Waals surface area (Å²) in [6, 6.07) is 7.20. The molecule has 0 radical (unpaired) electrons. The average molecular weight is 220 g/mol. The van der Waals surface area contributed by atoms with Crippen LogP contribution in [0.4, 0.5) is 0 Å². The van der Waals surface area contributed by atoms with Crippen LogP contribution in [-0.4, -0.2) is 13.1 Å². The van der Waals surface area contributed by atoms with E-state index < -0.39 is 0 Å². The van der Waals surface area contributed by atoms with Gasteiger partial charge in [0.05, 0.1) is 7.11 Å². The van der Waals surface area contributed by atoms with E-state index in [1.807, 2.05) is 12.1 Å². The van der Waals surface area contributed by atoms with Crippen LogP contribution in [0.3, 0.4) is 0 Å². The molecule has 0 spiro atoms. The maximum atomic E-state index is 11.5. The molecular formula is C13H16O3. The average Bonchev–Trinajstić information content (AvgIpc) is 3.11. The molecule has 16 heavy (non-hydrogen) atoms. The molecule has 1 aromatic carbocycles. The summed E-state index contributed by atoms with van der Waals surface area (Å²) in [5.41, 5.74) is 0. The van der Waals surface area contributed by atoms with Crippen molar-refractivity contribution < 1.29 is 14.3 Å². The van der Waals surface area contributed by atoms with Crippen molar-refractivity contribution in [3.8, 4) is 11.5 Å². The van der Waals surface area contributed by atoms with Crippen LogP contribution in [0.1, 0.15) is 25.7 Å². The van der Waals surface area contributed by atoms with Crippen molar-refractivity contribution in [1.82, 2.24) is 0 Å². The molecule has 1 aliphatic carbocycles. The standard InChI is InChI=1S/C13H16O3/c1-15-11-4-2-3-5-12(11)16-13(14)9-8-10-6-7-10/h2-5,10H,6-9H2,1H3. The van der Waals surface area contributed by atoms with Gasteiger partial charge in [-0.15, -0.1) is 0 Å². The Labute approximate surface area is 95.4 Å². The van der Waals surface area contributed by atoms with Crippen molar-refractivity contribution in [2.45, 2.75) is 25.7 Å². The second-order valence-corrected chi connectivity index (χ2v) is 4.11. The maximum Gasteiger partial charge on any atom is 0.311 e. The van der Waals surface area contributed by atoms with Crippen molar-refractivity contribution in [1.29, 1.82) is 0 Å². The molecule has 0 aromatic heterocycles. The number of benzene rings is 1. The molecule has 1 saturated carbocycles. The van der Waals surface area contributed by atoms with E-state index in [2.05, 4.69) is 0 Å². The first kappa shape index (κ1) is 11.0. The number of carbonyl (C=O) groups is 1. The van der Waals surface area contributed by atoms with Gasteiger partial charge < -0.3 is 9.47 Å². The van der Waals surface area contributed by atoms with Gasteiger partial charge in [-0.1, -0.05) is 25.0 Å². The number of carbonyl (C=O) groups excluding carboxylic acids is 1. The third kappa shape index (κ3) is 2.99. The number of methoxy groups -OCH3 is 1. The molecule has 3 heteroatoms. The minimum Gasteiger partial charge on any atom is -0.493 e. The molecule has 1 aliphatic rings. The number of rotatable bonds is 5. The first-order valence-corrected chi connectivity index (χ1v) is 5.63. The number of esters is 1. The molecule has 0 unspecified atom stereocenters. The molecule has 0 heterocycles. The molecule has 1 aromatic rings. The number of ether oxygens (including phenoxy) is 2. The van der Waals surface area contributed by atoms with Crippen LogP contribution >= 0.6 is 0 Å². The number of hydrogen-bond donors (Lipinski definition) is 0. The fourth-order valence-electron chi connectivity index (χ4n) is 1.61. The maximum absolute atomic E-state index is 11.5. The Balaban J connectivity index is 1.88. The predicted octanol–water partition coefficient (Wildman–Crippen LogP) is 2.79. The third-order valence-electron chi connectivity index (χ3n) is 2.75. The molecule has 0 aliphatic heterocycles. The van der Waals surface area contributed by atoms with Crippen LogP contribution in [0, 0.1) is 5.92 Å². The Hall–Kier alpha value is -1.51. The highest BCUT2D eigenvalue weighted by molar-refractivity contribution is 5.73.